The number of likely N-dealkylation sites (tertiary alicyclic amines) is 1. The first-order chi connectivity index (χ1) is 15.0. The molecule has 0 N–H and O–H groups in total. The van der Waals surface area contributed by atoms with Gasteiger partial charge in [-0.2, -0.15) is 0 Å². The molecule has 1 spiro atoms. The topological polar surface area (TPSA) is 29.5 Å². The van der Waals surface area contributed by atoms with Gasteiger partial charge in [0.05, 0.1) is 12.0 Å². The van der Waals surface area contributed by atoms with Gasteiger partial charge in [0.2, 0.25) is 0 Å². The molecule has 3 aliphatic rings. The predicted molar refractivity (Wildman–Crippen MR) is 124 cm³/mol. The van der Waals surface area contributed by atoms with Crippen LogP contribution >= 0.6 is 0 Å². The molecule has 0 aromatic heterocycles. The molecular formula is C28H35NO2. The fraction of sp³-hybridized carbons (Fsp3) is 0.536. The molecule has 1 heterocycles. The molecule has 0 amide bonds. The van der Waals surface area contributed by atoms with E-state index in [0.29, 0.717) is 12.6 Å². The zero-order chi connectivity index (χ0) is 21.5. The zero-order valence-electron chi connectivity index (χ0n) is 19.0. The number of ether oxygens (including phenoxy) is 1. The zero-order valence-corrected chi connectivity index (χ0v) is 19.0. The van der Waals surface area contributed by atoms with E-state index < -0.39 is 0 Å². The molecule has 3 heteroatoms. The van der Waals surface area contributed by atoms with Crippen molar-refractivity contribution in [3.05, 3.63) is 70.8 Å². The summed E-state index contributed by atoms with van der Waals surface area (Å²) in [6.45, 7) is 6.49. The summed E-state index contributed by atoms with van der Waals surface area (Å²) in [7, 11) is 0. The highest BCUT2D eigenvalue weighted by atomic mass is 16.5. The Morgan fingerprint density at radius 1 is 1.00 bits per heavy atom. The van der Waals surface area contributed by atoms with Crippen LogP contribution in [0.5, 0.6) is 0 Å². The molecule has 0 radical (unpaired) electrons. The molecule has 2 fully saturated rings. The molecule has 5 rings (SSSR count). The van der Waals surface area contributed by atoms with E-state index in [1.165, 1.54) is 36.0 Å². The summed E-state index contributed by atoms with van der Waals surface area (Å²) in [6.07, 6.45) is 7.78. The predicted octanol–water partition coefficient (Wildman–Crippen LogP) is 5.29. The van der Waals surface area contributed by atoms with Gasteiger partial charge in [0.1, 0.15) is 0 Å². The second-order valence-corrected chi connectivity index (χ2v) is 10.3. The lowest BCUT2D eigenvalue weighted by atomic mass is 9.73. The van der Waals surface area contributed by atoms with Gasteiger partial charge in [-0.1, -0.05) is 48.5 Å². The molecule has 164 valence electrons. The highest BCUT2D eigenvalue weighted by Crippen LogP contribution is 2.49. The molecule has 1 aliphatic heterocycles. The van der Waals surface area contributed by atoms with Crippen molar-refractivity contribution in [3.8, 4) is 0 Å². The third kappa shape index (κ3) is 3.71. The number of piperidine rings is 1. The quantitative estimate of drug-likeness (QED) is 0.636. The van der Waals surface area contributed by atoms with Gasteiger partial charge in [-0.05, 0) is 94.1 Å². The lowest BCUT2D eigenvalue weighted by Gasteiger charge is -2.41. The number of nitrogens with zero attached hydrogens (tertiary/aromatic N) is 1. The van der Waals surface area contributed by atoms with Crippen molar-refractivity contribution in [1.82, 2.24) is 4.90 Å². The third-order valence-corrected chi connectivity index (χ3v) is 8.39. The fourth-order valence-electron chi connectivity index (χ4n) is 6.47. The molecule has 31 heavy (non-hydrogen) atoms. The molecular weight excluding hydrogens is 382 g/mol. The molecule has 2 aromatic rings. The van der Waals surface area contributed by atoms with Crippen molar-refractivity contribution in [2.45, 2.75) is 70.3 Å². The molecule has 1 saturated heterocycles. The van der Waals surface area contributed by atoms with Crippen molar-refractivity contribution >= 4 is 5.97 Å². The standard InChI is InChI=1S/C28H35NO2/c1-3-31-26(30)27(2)14-16-29(17-15-27)24-12-13-28(20-24)19-23-10-5-4-8-21(23)18-22-9-6-7-11-25(22)28/h4-11,24H,3,12-20H2,1-2H3. The van der Waals surface area contributed by atoms with Gasteiger partial charge < -0.3 is 9.64 Å². The van der Waals surface area contributed by atoms with Crippen LogP contribution in [0, 0.1) is 5.41 Å². The maximum Gasteiger partial charge on any atom is 0.311 e. The lowest BCUT2D eigenvalue weighted by molar-refractivity contribution is -0.157. The first-order valence-corrected chi connectivity index (χ1v) is 12.1. The van der Waals surface area contributed by atoms with Crippen molar-refractivity contribution in [2.24, 2.45) is 5.41 Å². The first-order valence-electron chi connectivity index (χ1n) is 12.1. The number of esters is 1. The fourth-order valence-corrected chi connectivity index (χ4v) is 6.47. The summed E-state index contributed by atoms with van der Waals surface area (Å²) in [6, 6.07) is 18.9. The van der Waals surface area contributed by atoms with Crippen molar-refractivity contribution < 1.29 is 9.53 Å². The van der Waals surface area contributed by atoms with E-state index in [1.54, 1.807) is 5.56 Å². The number of hydrogen-bond acceptors (Lipinski definition) is 3. The van der Waals surface area contributed by atoms with E-state index in [0.717, 1.165) is 38.8 Å². The van der Waals surface area contributed by atoms with E-state index in [1.807, 2.05) is 6.92 Å². The van der Waals surface area contributed by atoms with Gasteiger partial charge in [-0.15, -0.1) is 0 Å². The molecule has 2 atom stereocenters. The molecule has 2 unspecified atom stereocenters. The molecule has 2 aromatic carbocycles. The van der Waals surface area contributed by atoms with Gasteiger partial charge in [0.15, 0.2) is 0 Å². The van der Waals surface area contributed by atoms with Crippen molar-refractivity contribution in [1.29, 1.82) is 0 Å². The smallest absolute Gasteiger partial charge is 0.311 e. The Balaban J connectivity index is 1.37. The minimum absolute atomic E-state index is 0.00755. The summed E-state index contributed by atoms with van der Waals surface area (Å²) < 4.78 is 5.36. The van der Waals surface area contributed by atoms with E-state index in [4.69, 9.17) is 4.74 Å². The second kappa shape index (κ2) is 8.09. The van der Waals surface area contributed by atoms with Crippen LogP contribution < -0.4 is 0 Å². The van der Waals surface area contributed by atoms with E-state index in [9.17, 15) is 4.79 Å². The van der Waals surface area contributed by atoms with Crippen LogP contribution in [-0.2, 0) is 27.8 Å². The summed E-state index contributed by atoms with van der Waals surface area (Å²) in [5, 5.41) is 0. The first kappa shape index (κ1) is 20.8. The Labute approximate surface area is 186 Å². The van der Waals surface area contributed by atoms with Gasteiger partial charge >= 0.3 is 5.97 Å². The monoisotopic (exact) mass is 417 g/mol. The summed E-state index contributed by atoms with van der Waals surface area (Å²) in [4.78, 5) is 15.1. The molecule has 2 aliphatic carbocycles. The summed E-state index contributed by atoms with van der Waals surface area (Å²) in [5.41, 5.74) is 6.07. The number of carbonyl (C=O) groups is 1. The Bertz CT molecular complexity index is 959. The molecule has 1 saturated carbocycles. The second-order valence-electron chi connectivity index (χ2n) is 10.3. The SMILES string of the molecule is CCOC(=O)C1(C)CCN(C2CCC3(Cc4ccccc4Cc4ccccc43)C2)CC1. The maximum absolute atomic E-state index is 12.4. The lowest BCUT2D eigenvalue weighted by Crippen LogP contribution is -2.47. The van der Waals surface area contributed by atoms with Crippen LogP contribution in [0.15, 0.2) is 48.5 Å². The Morgan fingerprint density at radius 3 is 2.42 bits per heavy atom. The van der Waals surface area contributed by atoms with E-state index in [2.05, 4.69) is 60.4 Å². The van der Waals surface area contributed by atoms with Gasteiger partial charge in [0.25, 0.3) is 0 Å². The number of hydrogen-bond donors (Lipinski definition) is 0. The van der Waals surface area contributed by atoms with Crippen LogP contribution in [0.4, 0.5) is 0 Å². The van der Waals surface area contributed by atoms with Crippen LogP contribution in [-0.4, -0.2) is 36.6 Å². The summed E-state index contributed by atoms with van der Waals surface area (Å²) in [5.74, 6) is -0.00755. The van der Waals surface area contributed by atoms with Crippen LogP contribution in [0.25, 0.3) is 0 Å². The largest absolute Gasteiger partial charge is 0.466 e. The highest BCUT2D eigenvalue weighted by Gasteiger charge is 2.47. The average molecular weight is 418 g/mol. The number of fused-ring (bicyclic) bond motifs is 3. The molecule has 3 nitrogen and oxygen atoms in total. The Hall–Kier alpha value is -2.13. The van der Waals surface area contributed by atoms with E-state index in [-0.39, 0.29) is 16.8 Å². The van der Waals surface area contributed by atoms with Crippen LogP contribution in [0.3, 0.4) is 0 Å². The minimum atomic E-state index is -0.309. The van der Waals surface area contributed by atoms with Crippen molar-refractivity contribution in [2.75, 3.05) is 19.7 Å². The molecule has 0 bridgehead atoms. The maximum atomic E-state index is 12.4. The minimum Gasteiger partial charge on any atom is -0.466 e. The van der Waals surface area contributed by atoms with Crippen LogP contribution in [0.2, 0.25) is 0 Å². The Morgan fingerprint density at radius 2 is 1.68 bits per heavy atom. The van der Waals surface area contributed by atoms with Gasteiger partial charge in [-0.3, -0.25) is 4.79 Å². The number of carbonyl (C=O) groups excluding carboxylic acids is 1. The van der Waals surface area contributed by atoms with Gasteiger partial charge in [0, 0.05) is 11.5 Å². The number of rotatable bonds is 3. The Kier molecular flexibility index (Phi) is 5.42. The van der Waals surface area contributed by atoms with E-state index >= 15 is 0 Å². The highest BCUT2D eigenvalue weighted by molar-refractivity contribution is 5.76. The third-order valence-electron chi connectivity index (χ3n) is 8.39. The van der Waals surface area contributed by atoms with Crippen molar-refractivity contribution in [3.63, 3.8) is 0 Å². The van der Waals surface area contributed by atoms with Gasteiger partial charge in [-0.25, -0.2) is 0 Å². The summed E-state index contributed by atoms with van der Waals surface area (Å²) >= 11 is 0. The average Bonchev–Trinajstić information content (AvgIpc) is 3.15. The normalized spacial score (nSPS) is 27.4. The van der Waals surface area contributed by atoms with Crippen LogP contribution in [0.1, 0.15) is 68.2 Å². The number of benzene rings is 2.